The van der Waals surface area contributed by atoms with Crippen LogP contribution in [0.2, 0.25) is 0 Å². The van der Waals surface area contributed by atoms with Crippen molar-refractivity contribution in [3.8, 4) is 0 Å². The lowest BCUT2D eigenvalue weighted by atomic mass is 9.91. The normalized spacial score (nSPS) is 27.2. The van der Waals surface area contributed by atoms with E-state index >= 15 is 0 Å². The van der Waals surface area contributed by atoms with E-state index in [1.165, 1.54) is 0 Å². The number of hydrogen-bond acceptors (Lipinski definition) is 5. The van der Waals surface area contributed by atoms with Gasteiger partial charge in [-0.25, -0.2) is 0 Å². The molecule has 31 heavy (non-hydrogen) atoms. The Hall–Kier alpha value is -1.76. The van der Waals surface area contributed by atoms with Gasteiger partial charge in [-0.1, -0.05) is 80.9 Å². The molecule has 1 aliphatic rings. The minimum atomic E-state index is -0.514. The van der Waals surface area contributed by atoms with Crippen molar-refractivity contribution in [1.82, 2.24) is 0 Å². The predicted octanol–water partition coefficient (Wildman–Crippen LogP) is 4.72. The van der Waals surface area contributed by atoms with Gasteiger partial charge in [0.1, 0.15) is 12.2 Å². The molecule has 1 fully saturated rings. The zero-order valence-corrected chi connectivity index (χ0v) is 18.9. The first-order valence-electron chi connectivity index (χ1n) is 11.3. The quantitative estimate of drug-likeness (QED) is 0.561. The van der Waals surface area contributed by atoms with E-state index in [0.29, 0.717) is 13.2 Å². The van der Waals surface area contributed by atoms with E-state index in [2.05, 4.69) is 20.8 Å². The highest BCUT2D eigenvalue weighted by atomic mass is 16.7. The molecule has 1 aliphatic heterocycles. The van der Waals surface area contributed by atoms with Crippen LogP contribution in [0, 0.1) is 5.92 Å². The molecule has 0 spiro atoms. The third kappa shape index (κ3) is 6.86. The largest absolute Gasteiger partial charge is 0.394 e. The SMILES string of the molecule is CCC[C@@H](C)O[C@@H]1O[C@H](CO)[C@@H](OCc2ccccc2)[C@H](OCc2ccccc2)[C@H]1C. The molecule has 6 atom stereocenters. The highest BCUT2D eigenvalue weighted by molar-refractivity contribution is 5.14. The second kappa shape index (κ2) is 12.3. The maximum absolute atomic E-state index is 10.1. The van der Waals surface area contributed by atoms with Gasteiger partial charge in [-0.3, -0.25) is 0 Å². The Kier molecular flexibility index (Phi) is 9.50. The first kappa shape index (κ1) is 23.9. The van der Waals surface area contributed by atoms with Crippen molar-refractivity contribution in [2.24, 2.45) is 5.92 Å². The van der Waals surface area contributed by atoms with Crippen LogP contribution in [-0.2, 0) is 32.2 Å². The summed E-state index contributed by atoms with van der Waals surface area (Å²) in [5, 5.41) is 10.1. The molecule has 3 rings (SSSR count). The van der Waals surface area contributed by atoms with Gasteiger partial charge in [0.15, 0.2) is 6.29 Å². The number of aliphatic hydroxyl groups is 1. The second-order valence-corrected chi connectivity index (χ2v) is 8.34. The average Bonchev–Trinajstić information content (AvgIpc) is 2.80. The van der Waals surface area contributed by atoms with Crippen molar-refractivity contribution >= 4 is 0 Å². The van der Waals surface area contributed by atoms with Crippen LogP contribution in [0.25, 0.3) is 0 Å². The molecule has 2 aromatic carbocycles. The molecular formula is C26H36O5. The van der Waals surface area contributed by atoms with Crippen molar-refractivity contribution in [1.29, 1.82) is 0 Å². The molecule has 0 unspecified atom stereocenters. The van der Waals surface area contributed by atoms with Crippen LogP contribution in [0.3, 0.4) is 0 Å². The predicted molar refractivity (Wildman–Crippen MR) is 120 cm³/mol. The molecule has 0 bridgehead atoms. The van der Waals surface area contributed by atoms with E-state index < -0.39 is 18.5 Å². The molecule has 2 aromatic rings. The third-order valence-electron chi connectivity index (χ3n) is 5.76. The summed E-state index contributed by atoms with van der Waals surface area (Å²) in [6, 6.07) is 20.1. The Morgan fingerprint density at radius 3 is 1.97 bits per heavy atom. The number of benzene rings is 2. The summed E-state index contributed by atoms with van der Waals surface area (Å²) in [5.41, 5.74) is 2.17. The number of hydrogen-bond donors (Lipinski definition) is 1. The van der Waals surface area contributed by atoms with E-state index in [1.807, 2.05) is 60.7 Å². The fourth-order valence-corrected chi connectivity index (χ4v) is 4.03. The number of aliphatic hydroxyl groups excluding tert-OH is 1. The first-order chi connectivity index (χ1) is 15.1. The van der Waals surface area contributed by atoms with Crippen LogP contribution >= 0.6 is 0 Å². The maximum Gasteiger partial charge on any atom is 0.163 e. The van der Waals surface area contributed by atoms with E-state index in [1.54, 1.807) is 0 Å². The summed E-state index contributed by atoms with van der Waals surface area (Å²) in [5.74, 6) is -0.0495. The van der Waals surface area contributed by atoms with Crippen molar-refractivity contribution in [2.45, 2.75) is 77.5 Å². The minimum absolute atomic E-state index is 0.0495. The van der Waals surface area contributed by atoms with E-state index in [4.69, 9.17) is 18.9 Å². The zero-order chi connectivity index (χ0) is 22.1. The van der Waals surface area contributed by atoms with Gasteiger partial charge in [0.05, 0.1) is 32.0 Å². The van der Waals surface area contributed by atoms with Gasteiger partial charge in [0.2, 0.25) is 0 Å². The van der Waals surface area contributed by atoms with Crippen molar-refractivity contribution in [3.05, 3.63) is 71.8 Å². The Bertz CT molecular complexity index is 738. The molecule has 5 heteroatoms. The van der Waals surface area contributed by atoms with Gasteiger partial charge in [0, 0.05) is 5.92 Å². The monoisotopic (exact) mass is 428 g/mol. The molecule has 0 aromatic heterocycles. The summed E-state index contributed by atoms with van der Waals surface area (Å²) in [6.07, 6.45) is 0.449. The topological polar surface area (TPSA) is 57.2 Å². The maximum atomic E-state index is 10.1. The standard InChI is InChI=1S/C26H36O5/c1-4-11-19(2)30-26-20(3)24(28-17-21-12-7-5-8-13-21)25(23(16-27)31-26)29-18-22-14-9-6-10-15-22/h5-10,12-15,19-20,23-27H,4,11,16-18H2,1-3H3/t19-,20-,23-,24-,25-,26-/m1/s1. The van der Waals surface area contributed by atoms with Crippen LogP contribution in [0.15, 0.2) is 60.7 Å². The highest BCUT2D eigenvalue weighted by Crippen LogP contribution is 2.33. The Morgan fingerprint density at radius 2 is 1.45 bits per heavy atom. The van der Waals surface area contributed by atoms with Gasteiger partial charge < -0.3 is 24.1 Å². The lowest BCUT2D eigenvalue weighted by Crippen LogP contribution is -2.57. The van der Waals surface area contributed by atoms with Crippen molar-refractivity contribution in [2.75, 3.05) is 6.61 Å². The third-order valence-corrected chi connectivity index (χ3v) is 5.76. The van der Waals surface area contributed by atoms with Gasteiger partial charge in [0.25, 0.3) is 0 Å². The van der Waals surface area contributed by atoms with Crippen molar-refractivity contribution in [3.63, 3.8) is 0 Å². The average molecular weight is 429 g/mol. The lowest BCUT2D eigenvalue weighted by molar-refractivity contribution is -0.308. The smallest absolute Gasteiger partial charge is 0.163 e. The van der Waals surface area contributed by atoms with Gasteiger partial charge in [-0.15, -0.1) is 0 Å². The highest BCUT2D eigenvalue weighted by Gasteiger charge is 2.46. The molecule has 1 saturated heterocycles. The minimum Gasteiger partial charge on any atom is -0.394 e. The van der Waals surface area contributed by atoms with Gasteiger partial charge >= 0.3 is 0 Å². The molecule has 5 nitrogen and oxygen atoms in total. The molecule has 0 amide bonds. The van der Waals surface area contributed by atoms with Crippen LogP contribution in [-0.4, -0.2) is 42.4 Å². The van der Waals surface area contributed by atoms with Gasteiger partial charge in [-0.05, 0) is 24.5 Å². The zero-order valence-electron chi connectivity index (χ0n) is 18.9. The van der Waals surface area contributed by atoms with E-state index in [-0.39, 0.29) is 24.7 Å². The molecule has 0 radical (unpaired) electrons. The summed E-state index contributed by atoms with van der Waals surface area (Å²) in [6.45, 7) is 7.02. The van der Waals surface area contributed by atoms with Crippen LogP contribution in [0.1, 0.15) is 44.7 Å². The van der Waals surface area contributed by atoms with Crippen molar-refractivity contribution < 1.29 is 24.1 Å². The number of ether oxygens (including phenoxy) is 4. The fourth-order valence-electron chi connectivity index (χ4n) is 4.03. The Labute approximate surface area is 186 Å². The summed E-state index contributed by atoms with van der Waals surface area (Å²) >= 11 is 0. The van der Waals surface area contributed by atoms with Crippen LogP contribution in [0.5, 0.6) is 0 Å². The molecule has 0 saturated carbocycles. The van der Waals surface area contributed by atoms with Crippen LogP contribution in [0.4, 0.5) is 0 Å². The Morgan fingerprint density at radius 1 is 0.903 bits per heavy atom. The van der Waals surface area contributed by atoms with Crippen LogP contribution < -0.4 is 0 Å². The molecule has 1 N–H and O–H groups in total. The lowest BCUT2D eigenvalue weighted by Gasteiger charge is -2.45. The molecular weight excluding hydrogens is 392 g/mol. The molecule has 170 valence electrons. The summed E-state index contributed by atoms with van der Waals surface area (Å²) in [7, 11) is 0. The molecule has 1 heterocycles. The van der Waals surface area contributed by atoms with Gasteiger partial charge in [-0.2, -0.15) is 0 Å². The second-order valence-electron chi connectivity index (χ2n) is 8.34. The first-order valence-corrected chi connectivity index (χ1v) is 11.3. The Balaban J connectivity index is 1.75. The number of rotatable bonds is 11. The summed E-state index contributed by atoms with van der Waals surface area (Å²) < 4.78 is 25.0. The van der Waals surface area contributed by atoms with E-state index in [0.717, 1.165) is 24.0 Å². The summed E-state index contributed by atoms with van der Waals surface area (Å²) in [4.78, 5) is 0. The van der Waals surface area contributed by atoms with E-state index in [9.17, 15) is 5.11 Å². The fraction of sp³-hybridized carbons (Fsp3) is 0.538. The molecule has 0 aliphatic carbocycles.